The minimum absolute atomic E-state index is 0.170. The Bertz CT molecular complexity index is 268. The zero-order valence-corrected chi connectivity index (χ0v) is 10.7. The summed E-state index contributed by atoms with van der Waals surface area (Å²) in [6.45, 7) is 11.4. The van der Waals surface area contributed by atoms with Gasteiger partial charge in [-0.3, -0.25) is 4.90 Å². The molecule has 0 aromatic heterocycles. The molecule has 0 aliphatic carbocycles. The van der Waals surface area contributed by atoms with Gasteiger partial charge in [0.15, 0.2) is 0 Å². The van der Waals surface area contributed by atoms with E-state index in [0.29, 0.717) is 5.76 Å². The zero-order chi connectivity index (χ0) is 12.7. The van der Waals surface area contributed by atoms with Crippen molar-refractivity contribution in [1.82, 2.24) is 10.2 Å². The summed E-state index contributed by atoms with van der Waals surface area (Å²) in [7, 11) is 0. The van der Waals surface area contributed by atoms with Crippen molar-refractivity contribution in [1.29, 1.82) is 0 Å². The number of nitrogens with zero attached hydrogens (tertiary/aromatic N) is 1. The second-order valence-electron chi connectivity index (χ2n) is 4.22. The van der Waals surface area contributed by atoms with Crippen molar-refractivity contribution >= 4 is 6.09 Å². The number of hydrogen-bond acceptors (Lipinski definition) is 4. The van der Waals surface area contributed by atoms with E-state index < -0.39 is 6.09 Å². The number of carbonyl (C=O) groups is 1. The lowest BCUT2D eigenvalue weighted by atomic mass is 10.3. The number of nitrogens with one attached hydrogen (secondary N) is 1. The maximum absolute atomic E-state index is 11.3. The maximum Gasteiger partial charge on any atom is 0.412 e. The number of amides is 1. The third kappa shape index (κ3) is 5.70. The molecule has 5 heteroatoms. The number of likely N-dealkylation sites (tertiary alicyclic amines) is 1. The van der Waals surface area contributed by atoms with Gasteiger partial charge in [-0.05, 0) is 20.3 Å². The predicted molar refractivity (Wildman–Crippen MR) is 65.8 cm³/mol. The van der Waals surface area contributed by atoms with E-state index in [9.17, 15) is 4.79 Å². The molecule has 1 atom stereocenters. The number of alkyl carbamates (subject to hydrolysis) is 1. The second kappa shape index (κ2) is 7.29. The Labute approximate surface area is 103 Å². The molecule has 1 aliphatic heterocycles. The smallest absolute Gasteiger partial charge is 0.412 e. The van der Waals surface area contributed by atoms with Gasteiger partial charge in [-0.15, -0.1) is 0 Å². The van der Waals surface area contributed by atoms with Gasteiger partial charge in [-0.2, -0.15) is 0 Å². The summed E-state index contributed by atoms with van der Waals surface area (Å²) in [5.74, 6) is 0.411. The molecular weight excluding hydrogens is 220 g/mol. The van der Waals surface area contributed by atoms with E-state index in [1.165, 1.54) is 0 Å². The summed E-state index contributed by atoms with van der Waals surface area (Å²) in [5, 5.41) is 2.83. The Morgan fingerprint density at radius 2 is 2.35 bits per heavy atom. The summed E-state index contributed by atoms with van der Waals surface area (Å²) in [6.07, 6.45) is 0.548. The van der Waals surface area contributed by atoms with Crippen LogP contribution < -0.4 is 5.32 Å². The summed E-state index contributed by atoms with van der Waals surface area (Å²) < 4.78 is 10.2. The standard InChI is InChI=1S/C12H22N2O3/c1-4-16-8-7-14-6-5-11(9-14)13-12(15)17-10(2)3/h11H,2,4-9H2,1,3H3,(H,13,15). The Morgan fingerprint density at radius 3 is 3.00 bits per heavy atom. The number of carbonyl (C=O) groups excluding carboxylic acids is 1. The van der Waals surface area contributed by atoms with Crippen LogP contribution in [0.4, 0.5) is 4.79 Å². The van der Waals surface area contributed by atoms with Crippen molar-refractivity contribution < 1.29 is 14.3 Å². The molecule has 0 bridgehead atoms. The highest BCUT2D eigenvalue weighted by Crippen LogP contribution is 2.09. The number of ether oxygens (including phenoxy) is 2. The van der Waals surface area contributed by atoms with Crippen LogP contribution >= 0.6 is 0 Å². The van der Waals surface area contributed by atoms with Crippen LogP contribution in [0.1, 0.15) is 20.3 Å². The van der Waals surface area contributed by atoms with Crippen molar-refractivity contribution in [3.8, 4) is 0 Å². The molecule has 1 unspecified atom stereocenters. The van der Waals surface area contributed by atoms with E-state index in [4.69, 9.17) is 9.47 Å². The molecule has 1 heterocycles. The first-order valence-corrected chi connectivity index (χ1v) is 6.05. The van der Waals surface area contributed by atoms with Gasteiger partial charge in [0, 0.05) is 32.3 Å². The highest BCUT2D eigenvalue weighted by atomic mass is 16.6. The van der Waals surface area contributed by atoms with E-state index in [2.05, 4.69) is 16.8 Å². The number of rotatable bonds is 6. The molecule has 1 aliphatic rings. The van der Waals surface area contributed by atoms with E-state index in [1.807, 2.05) is 6.92 Å². The van der Waals surface area contributed by atoms with Crippen molar-refractivity contribution in [2.45, 2.75) is 26.3 Å². The number of allylic oxidation sites excluding steroid dienone is 1. The first kappa shape index (κ1) is 14.0. The molecule has 98 valence electrons. The second-order valence-corrected chi connectivity index (χ2v) is 4.22. The average Bonchev–Trinajstić information content (AvgIpc) is 2.64. The fourth-order valence-electron chi connectivity index (χ4n) is 1.85. The van der Waals surface area contributed by atoms with E-state index in [0.717, 1.165) is 39.3 Å². The lowest BCUT2D eigenvalue weighted by Gasteiger charge is -2.16. The molecule has 0 radical (unpaired) electrons. The molecule has 5 nitrogen and oxygen atoms in total. The molecular formula is C12H22N2O3. The molecule has 1 fully saturated rings. The van der Waals surface area contributed by atoms with Crippen molar-refractivity contribution in [3.63, 3.8) is 0 Å². The van der Waals surface area contributed by atoms with Gasteiger partial charge in [-0.25, -0.2) is 4.79 Å². The van der Waals surface area contributed by atoms with E-state index in [-0.39, 0.29) is 6.04 Å². The topological polar surface area (TPSA) is 50.8 Å². The Hall–Kier alpha value is -1.07. The van der Waals surface area contributed by atoms with Crippen LogP contribution in [-0.4, -0.2) is 49.9 Å². The van der Waals surface area contributed by atoms with Crippen LogP contribution in [0.5, 0.6) is 0 Å². The van der Waals surface area contributed by atoms with Gasteiger partial charge in [0.2, 0.25) is 0 Å². The van der Waals surface area contributed by atoms with Crippen LogP contribution in [0, 0.1) is 0 Å². The lowest BCUT2D eigenvalue weighted by molar-refractivity contribution is 0.121. The van der Waals surface area contributed by atoms with E-state index >= 15 is 0 Å². The van der Waals surface area contributed by atoms with Gasteiger partial charge in [0.05, 0.1) is 12.4 Å². The van der Waals surface area contributed by atoms with Crippen molar-refractivity contribution in [2.24, 2.45) is 0 Å². The van der Waals surface area contributed by atoms with Gasteiger partial charge < -0.3 is 14.8 Å². The lowest BCUT2D eigenvalue weighted by Crippen LogP contribution is -2.37. The predicted octanol–water partition coefficient (Wildman–Crippen LogP) is 1.36. The average molecular weight is 242 g/mol. The molecule has 1 saturated heterocycles. The molecule has 1 rings (SSSR count). The summed E-state index contributed by atoms with van der Waals surface area (Å²) in [5.41, 5.74) is 0. The highest BCUT2D eigenvalue weighted by molar-refractivity contribution is 5.68. The molecule has 1 amide bonds. The van der Waals surface area contributed by atoms with Crippen LogP contribution in [0.25, 0.3) is 0 Å². The summed E-state index contributed by atoms with van der Waals surface area (Å²) >= 11 is 0. The maximum atomic E-state index is 11.3. The third-order valence-electron chi connectivity index (χ3n) is 2.62. The Morgan fingerprint density at radius 1 is 1.59 bits per heavy atom. The fourth-order valence-corrected chi connectivity index (χ4v) is 1.85. The molecule has 0 aromatic carbocycles. The normalized spacial score (nSPS) is 20.2. The molecule has 17 heavy (non-hydrogen) atoms. The van der Waals surface area contributed by atoms with Crippen LogP contribution in [0.15, 0.2) is 12.3 Å². The zero-order valence-electron chi connectivity index (χ0n) is 10.7. The molecule has 0 saturated carbocycles. The summed E-state index contributed by atoms with van der Waals surface area (Å²) in [6, 6.07) is 0.170. The third-order valence-corrected chi connectivity index (χ3v) is 2.62. The molecule has 0 aromatic rings. The highest BCUT2D eigenvalue weighted by Gasteiger charge is 2.23. The monoisotopic (exact) mass is 242 g/mol. The largest absolute Gasteiger partial charge is 0.416 e. The van der Waals surface area contributed by atoms with Crippen LogP contribution in [0.3, 0.4) is 0 Å². The summed E-state index contributed by atoms with van der Waals surface area (Å²) in [4.78, 5) is 13.6. The first-order chi connectivity index (χ1) is 8.11. The SMILES string of the molecule is C=C(C)OC(=O)NC1CCN(CCOCC)C1. The Kier molecular flexibility index (Phi) is 6.00. The minimum Gasteiger partial charge on any atom is -0.416 e. The van der Waals surface area contributed by atoms with E-state index in [1.54, 1.807) is 6.92 Å². The van der Waals surface area contributed by atoms with Crippen molar-refractivity contribution in [3.05, 3.63) is 12.3 Å². The van der Waals surface area contributed by atoms with Gasteiger partial charge in [0.1, 0.15) is 0 Å². The fraction of sp³-hybridized carbons (Fsp3) is 0.750. The van der Waals surface area contributed by atoms with Gasteiger partial charge in [0.25, 0.3) is 0 Å². The van der Waals surface area contributed by atoms with Gasteiger partial charge in [-0.1, -0.05) is 6.58 Å². The number of hydrogen-bond donors (Lipinski definition) is 1. The molecule has 0 spiro atoms. The minimum atomic E-state index is -0.408. The van der Waals surface area contributed by atoms with Crippen LogP contribution in [-0.2, 0) is 9.47 Å². The van der Waals surface area contributed by atoms with Crippen LogP contribution in [0.2, 0.25) is 0 Å². The first-order valence-electron chi connectivity index (χ1n) is 6.05. The van der Waals surface area contributed by atoms with Gasteiger partial charge >= 0.3 is 6.09 Å². The quantitative estimate of drug-likeness (QED) is 0.564. The molecule has 1 N–H and O–H groups in total. The Balaban J connectivity index is 2.16. The van der Waals surface area contributed by atoms with Crippen molar-refractivity contribution in [2.75, 3.05) is 32.8 Å².